The van der Waals surface area contributed by atoms with Gasteiger partial charge in [-0.15, -0.1) is 0 Å². The van der Waals surface area contributed by atoms with Crippen molar-refractivity contribution in [1.82, 2.24) is 24.9 Å². The number of hydrogen-bond donors (Lipinski definition) is 3. The van der Waals surface area contributed by atoms with Crippen LogP contribution in [0.2, 0.25) is 0 Å². The first kappa shape index (κ1) is 26.0. The molecule has 0 aliphatic carbocycles. The zero-order chi connectivity index (χ0) is 27.6. The van der Waals surface area contributed by atoms with Crippen LogP contribution in [-0.2, 0) is 4.74 Å². The molecule has 4 aromatic rings. The van der Waals surface area contributed by atoms with Crippen molar-refractivity contribution in [3.63, 3.8) is 0 Å². The molecular formula is C27H26FN7O4. The first-order valence-electron chi connectivity index (χ1n) is 12.2. The molecule has 3 N–H and O–H groups in total. The van der Waals surface area contributed by atoms with Crippen LogP contribution >= 0.6 is 0 Å². The fourth-order valence-electron chi connectivity index (χ4n) is 3.79. The fourth-order valence-corrected chi connectivity index (χ4v) is 3.79. The maximum Gasteiger partial charge on any atom is 0.255 e. The van der Waals surface area contributed by atoms with Gasteiger partial charge >= 0.3 is 0 Å². The summed E-state index contributed by atoms with van der Waals surface area (Å²) in [4.78, 5) is 21.8. The summed E-state index contributed by atoms with van der Waals surface area (Å²) >= 11 is 0. The van der Waals surface area contributed by atoms with E-state index in [1.165, 1.54) is 26.2 Å². The summed E-state index contributed by atoms with van der Waals surface area (Å²) in [5.41, 5.74) is 1.80. The SMILES string of the molecule is CC(C)(O)C(F)CNC(=O)c1cnc(-c2ccc3cc(C#N)cnn23)cc1Nc1ccc(OC2COC2)nc1. The van der Waals surface area contributed by atoms with Crippen LogP contribution in [0.25, 0.3) is 16.9 Å². The number of anilines is 2. The largest absolute Gasteiger partial charge is 0.469 e. The average Bonchev–Trinajstić information content (AvgIpc) is 3.32. The van der Waals surface area contributed by atoms with E-state index in [0.29, 0.717) is 52.9 Å². The van der Waals surface area contributed by atoms with E-state index < -0.39 is 17.7 Å². The predicted octanol–water partition coefficient (Wildman–Crippen LogP) is 3.02. The molecule has 1 fully saturated rings. The molecular weight excluding hydrogens is 505 g/mol. The van der Waals surface area contributed by atoms with Crippen molar-refractivity contribution in [2.45, 2.75) is 31.7 Å². The minimum Gasteiger partial charge on any atom is -0.469 e. The summed E-state index contributed by atoms with van der Waals surface area (Å²) in [6.45, 7) is 3.33. The van der Waals surface area contributed by atoms with E-state index in [1.807, 2.05) is 12.1 Å². The molecule has 0 radical (unpaired) electrons. The first-order valence-corrected chi connectivity index (χ1v) is 12.2. The molecule has 0 saturated carbocycles. The summed E-state index contributed by atoms with van der Waals surface area (Å²) < 4.78 is 26.7. The lowest BCUT2D eigenvalue weighted by Gasteiger charge is -2.26. The second kappa shape index (κ2) is 10.6. The second-order valence-corrected chi connectivity index (χ2v) is 9.65. The Hall–Kier alpha value is -4.60. The molecule has 1 aliphatic rings. The van der Waals surface area contributed by atoms with Crippen molar-refractivity contribution in [3.8, 4) is 23.3 Å². The Bertz CT molecular complexity index is 1540. The topological polar surface area (TPSA) is 147 Å². The van der Waals surface area contributed by atoms with E-state index in [1.54, 1.807) is 35.0 Å². The molecule has 200 valence electrons. The van der Waals surface area contributed by atoms with E-state index >= 15 is 0 Å². The summed E-state index contributed by atoms with van der Waals surface area (Å²) in [6, 6.07) is 12.5. The number of carbonyl (C=O) groups excluding carboxylic acids is 1. The third-order valence-electron chi connectivity index (χ3n) is 6.16. The number of ether oxygens (including phenoxy) is 2. The molecule has 1 atom stereocenters. The molecule has 5 heterocycles. The van der Waals surface area contributed by atoms with Gasteiger partial charge in [0.1, 0.15) is 18.3 Å². The Morgan fingerprint density at radius 2 is 2.08 bits per heavy atom. The highest BCUT2D eigenvalue weighted by Gasteiger charge is 2.27. The van der Waals surface area contributed by atoms with Crippen LogP contribution in [0.15, 0.2) is 55.0 Å². The van der Waals surface area contributed by atoms with Crippen molar-refractivity contribution >= 4 is 22.8 Å². The van der Waals surface area contributed by atoms with Gasteiger partial charge in [0.15, 0.2) is 0 Å². The number of carbonyl (C=O) groups is 1. The molecule has 11 nitrogen and oxygen atoms in total. The number of nitrogens with zero attached hydrogens (tertiary/aromatic N) is 5. The molecule has 0 bridgehead atoms. The number of nitriles is 1. The van der Waals surface area contributed by atoms with Crippen LogP contribution in [0.1, 0.15) is 29.8 Å². The minimum absolute atomic E-state index is 0.0210. The number of fused-ring (bicyclic) bond motifs is 1. The standard InChI is InChI=1S/C27H26FN7O4/c1-27(2,37)24(28)13-32-26(36)20-12-30-22(23-5-4-18-7-16(9-29)10-33-35(18)23)8-21(20)34-17-3-6-25(31-11-17)39-19-14-38-15-19/h3-8,10-12,19,24,37H,13-15H2,1-2H3,(H,30,34)(H,32,36). The maximum absolute atomic E-state index is 14.3. The van der Waals surface area contributed by atoms with Gasteiger partial charge in [0.2, 0.25) is 5.88 Å². The number of nitrogens with one attached hydrogen (secondary N) is 2. The summed E-state index contributed by atoms with van der Waals surface area (Å²) in [7, 11) is 0. The lowest BCUT2D eigenvalue weighted by molar-refractivity contribution is -0.0813. The number of hydrogen-bond acceptors (Lipinski definition) is 9. The minimum atomic E-state index is -1.67. The molecule has 5 rings (SSSR count). The highest BCUT2D eigenvalue weighted by Crippen LogP contribution is 2.28. The Morgan fingerprint density at radius 3 is 2.74 bits per heavy atom. The van der Waals surface area contributed by atoms with Crippen LogP contribution in [0.5, 0.6) is 5.88 Å². The van der Waals surface area contributed by atoms with Gasteiger partial charge in [-0.2, -0.15) is 10.4 Å². The number of aliphatic hydroxyl groups is 1. The van der Waals surface area contributed by atoms with Crippen LogP contribution in [0.3, 0.4) is 0 Å². The molecule has 12 heteroatoms. The van der Waals surface area contributed by atoms with Crippen molar-refractivity contribution in [2.75, 3.05) is 25.1 Å². The molecule has 39 heavy (non-hydrogen) atoms. The van der Waals surface area contributed by atoms with E-state index in [9.17, 15) is 14.3 Å². The van der Waals surface area contributed by atoms with Gasteiger partial charge in [-0.05, 0) is 44.2 Å². The fraction of sp³-hybridized carbons (Fsp3) is 0.296. The lowest BCUT2D eigenvalue weighted by atomic mass is 10.0. The molecule has 1 unspecified atom stereocenters. The smallest absolute Gasteiger partial charge is 0.255 e. The third kappa shape index (κ3) is 5.79. The number of halogens is 1. The van der Waals surface area contributed by atoms with Crippen molar-refractivity contribution < 1.29 is 23.8 Å². The molecule has 0 aromatic carbocycles. The molecule has 0 spiro atoms. The van der Waals surface area contributed by atoms with E-state index in [0.717, 1.165) is 0 Å². The molecule has 4 aromatic heterocycles. The van der Waals surface area contributed by atoms with E-state index in [-0.39, 0.29) is 18.2 Å². The highest BCUT2D eigenvalue weighted by molar-refractivity contribution is 6.00. The van der Waals surface area contributed by atoms with Crippen LogP contribution in [-0.4, -0.2) is 68.2 Å². The Balaban J connectivity index is 1.45. The molecule has 1 saturated heterocycles. The molecule has 1 aliphatic heterocycles. The third-order valence-corrected chi connectivity index (χ3v) is 6.16. The van der Waals surface area contributed by atoms with Crippen LogP contribution < -0.4 is 15.4 Å². The van der Waals surface area contributed by atoms with Crippen molar-refractivity contribution in [2.24, 2.45) is 0 Å². The zero-order valence-corrected chi connectivity index (χ0v) is 21.3. The lowest BCUT2D eigenvalue weighted by Crippen LogP contribution is -2.42. The van der Waals surface area contributed by atoms with Gasteiger partial charge in [-0.1, -0.05) is 0 Å². The predicted molar refractivity (Wildman–Crippen MR) is 139 cm³/mol. The van der Waals surface area contributed by atoms with Crippen molar-refractivity contribution in [3.05, 3.63) is 66.1 Å². The summed E-state index contributed by atoms with van der Waals surface area (Å²) in [5, 5.41) is 29.1. The quantitative estimate of drug-likeness (QED) is 0.296. The first-order chi connectivity index (χ1) is 18.7. The zero-order valence-electron chi connectivity index (χ0n) is 21.3. The Labute approximate surface area is 223 Å². The van der Waals surface area contributed by atoms with E-state index in [4.69, 9.17) is 14.7 Å². The number of rotatable bonds is 9. The van der Waals surface area contributed by atoms with Gasteiger partial charge < -0.3 is 25.2 Å². The van der Waals surface area contributed by atoms with Crippen molar-refractivity contribution in [1.29, 1.82) is 5.26 Å². The number of pyridine rings is 2. The normalized spacial score (nSPS) is 14.3. The maximum atomic E-state index is 14.3. The number of aromatic nitrogens is 4. The number of alkyl halides is 1. The van der Waals surface area contributed by atoms with Gasteiger partial charge in [-0.3, -0.25) is 9.78 Å². The second-order valence-electron chi connectivity index (χ2n) is 9.65. The number of amides is 1. The van der Waals surface area contributed by atoms with Gasteiger partial charge in [0, 0.05) is 12.3 Å². The Kier molecular flexibility index (Phi) is 7.10. The van der Waals surface area contributed by atoms with Gasteiger partial charge in [-0.25, -0.2) is 13.9 Å². The van der Waals surface area contributed by atoms with Crippen LogP contribution in [0.4, 0.5) is 15.8 Å². The summed E-state index contributed by atoms with van der Waals surface area (Å²) in [5.74, 6) is -0.122. The van der Waals surface area contributed by atoms with E-state index in [2.05, 4.69) is 31.8 Å². The van der Waals surface area contributed by atoms with Crippen LogP contribution in [0, 0.1) is 11.3 Å². The Morgan fingerprint density at radius 1 is 1.26 bits per heavy atom. The average molecular weight is 532 g/mol. The monoisotopic (exact) mass is 531 g/mol. The van der Waals surface area contributed by atoms with Gasteiger partial charge in [0.05, 0.1) is 77.2 Å². The summed E-state index contributed by atoms with van der Waals surface area (Å²) in [6.07, 6.45) is 2.72. The highest BCUT2D eigenvalue weighted by atomic mass is 19.1. The van der Waals surface area contributed by atoms with Gasteiger partial charge in [0.25, 0.3) is 5.91 Å². The molecule has 1 amide bonds.